The lowest BCUT2D eigenvalue weighted by Crippen LogP contribution is -1.95. The Morgan fingerprint density at radius 1 is 1.36 bits per heavy atom. The number of fused-ring (bicyclic) bond motifs is 1. The van der Waals surface area contributed by atoms with Gasteiger partial charge in [0.25, 0.3) is 0 Å². The van der Waals surface area contributed by atoms with Crippen LogP contribution in [0.1, 0.15) is 15.9 Å². The number of carbonyl (C=O) groups is 1. The zero-order valence-electron chi connectivity index (χ0n) is 7.69. The fourth-order valence-corrected chi connectivity index (χ4v) is 1.37. The molecule has 0 aliphatic heterocycles. The number of rotatable bonds is 1. The highest BCUT2D eigenvalue weighted by Gasteiger charge is 2.03. The molecule has 0 radical (unpaired) electrons. The standard InChI is InChI=1S/C11H9NO2/c1-7-4-9-5-8(11(13)14)2-3-10(9)12-6-7/h2-6H,1H3,(H,13,14). The second kappa shape index (κ2) is 3.10. The van der Waals surface area contributed by atoms with Crippen LogP contribution in [0.4, 0.5) is 0 Å². The van der Waals surface area contributed by atoms with E-state index < -0.39 is 5.97 Å². The van der Waals surface area contributed by atoms with Crippen molar-refractivity contribution in [3.8, 4) is 0 Å². The average molecular weight is 187 g/mol. The van der Waals surface area contributed by atoms with Gasteiger partial charge in [0, 0.05) is 11.6 Å². The Bertz CT molecular complexity index is 506. The molecule has 0 bridgehead atoms. The van der Waals surface area contributed by atoms with Gasteiger partial charge in [-0.1, -0.05) is 0 Å². The van der Waals surface area contributed by atoms with Gasteiger partial charge < -0.3 is 5.11 Å². The molecule has 0 amide bonds. The number of hydrogen-bond acceptors (Lipinski definition) is 2. The van der Waals surface area contributed by atoms with Crippen molar-refractivity contribution in [1.82, 2.24) is 4.98 Å². The molecule has 1 heterocycles. The van der Waals surface area contributed by atoms with E-state index in [4.69, 9.17) is 5.11 Å². The summed E-state index contributed by atoms with van der Waals surface area (Å²) in [6, 6.07) is 6.84. The van der Waals surface area contributed by atoms with Crippen molar-refractivity contribution in [2.45, 2.75) is 6.92 Å². The van der Waals surface area contributed by atoms with E-state index in [1.807, 2.05) is 13.0 Å². The monoisotopic (exact) mass is 187 g/mol. The Hall–Kier alpha value is -1.90. The lowest BCUT2D eigenvalue weighted by atomic mass is 10.1. The minimum atomic E-state index is -0.909. The van der Waals surface area contributed by atoms with Crippen molar-refractivity contribution in [3.63, 3.8) is 0 Å². The van der Waals surface area contributed by atoms with Crippen molar-refractivity contribution < 1.29 is 9.90 Å². The molecule has 14 heavy (non-hydrogen) atoms. The number of carboxylic acid groups (broad SMARTS) is 1. The van der Waals surface area contributed by atoms with Gasteiger partial charge in [-0.25, -0.2) is 4.79 Å². The van der Waals surface area contributed by atoms with Crippen LogP contribution in [0.3, 0.4) is 0 Å². The molecule has 3 nitrogen and oxygen atoms in total. The molecule has 0 aliphatic carbocycles. The van der Waals surface area contributed by atoms with Gasteiger partial charge in [0.05, 0.1) is 11.1 Å². The van der Waals surface area contributed by atoms with Gasteiger partial charge in [-0.15, -0.1) is 0 Å². The molecule has 2 aromatic rings. The molecule has 0 atom stereocenters. The summed E-state index contributed by atoms with van der Waals surface area (Å²) in [6.07, 6.45) is 1.77. The maximum Gasteiger partial charge on any atom is 0.335 e. The molecule has 70 valence electrons. The first-order valence-corrected chi connectivity index (χ1v) is 4.26. The summed E-state index contributed by atoms with van der Waals surface area (Å²) in [5.74, 6) is -0.909. The highest BCUT2D eigenvalue weighted by molar-refractivity contribution is 5.93. The third kappa shape index (κ3) is 1.44. The van der Waals surface area contributed by atoms with Gasteiger partial charge >= 0.3 is 5.97 Å². The molecule has 1 aromatic carbocycles. The first-order chi connectivity index (χ1) is 6.66. The van der Waals surface area contributed by atoms with E-state index in [1.165, 1.54) is 0 Å². The number of pyridine rings is 1. The van der Waals surface area contributed by atoms with E-state index in [0.29, 0.717) is 5.56 Å². The molecule has 0 saturated heterocycles. The van der Waals surface area contributed by atoms with Gasteiger partial charge in [-0.2, -0.15) is 0 Å². The average Bonchev–Trinajstić information content (AvgIpc) is 2.16. The van der Waals surface area contributed by atoms with Gasteiger partial charge in [-0.3, -0.25) is 4.98 Å². The zero-order valence-corrected chi connectivity index (χ0v) is 7.69. The van der Waals surface area contributed by atoms with E-state index in [1.54, 1.807) is 24.4 Å². The first-order valence-electron chi connectivity index (χ1n) is 4.26. The molecular formula is C11H9NO2. The second-order valence-corrected chi connectivity index (χ2v) is 3.23. The predicted molar refractivity (Wildman–Crippen MR) is 53.4 cm³/mol. The summed E-state index contributed by atoms with van der Waals surface area (Å²) in [5.41, 5.74) is 2.14. The Morgan fingerprint density at radius 2 is 2.14 bits per heavy atom. The van der Waals surface area contributed by atoms with E-state index >= 15 is 0 Å². The first kappa shape index (κ1) is 8.69. The summed E-state index contributed by atoms with van der Waals surface area (Å²) in [6.45, 7) is 1.93. The molecule has 0 fully saturated rings. The largest absolute Gasteiger partial charge is 0.478 e. The minimum Gasteiger partial charge on any atom is -0.478 e. The smallest absolute Gasteiger partial charge is 0.335 e. The van der Waals surface area contributed by atoms with Crippen LogP contribution in [0, 0.1) is 6.92 Å². The Morgan fingerprint density at radius 3 is 2.86 bits per heavy atom. The van der Waals surface area contributed by atoms with Crippen LogP contribution < -0.4 is 0 Å². The highest BCUT2D eigenvalue weighted by Crippen LogP contribution is 2.15. The van der Waals surface area contributed by atoms with Gasteiger partial charge in [0.2, 0.25) is 0 Å². The SMILES string of the molecule is Cc1cnc2ccc(C(=O)O)cc2c1. The summed E-state index contributed by atoms with van der Waals surface area (Å²) in [7, 11) is 0. The van der Waals surface area contributed by atoms with E-state index in [2.05, 4.69) is 4.98 Å². The van der Waals surface area contributed by atoms with Crippen LogP contribution in [-0.2, 0) is 0 Å². The quantitative estimate of drug-likeness (QED) is 0.744. The van der Waals surface area contributed by atoms with Crippen molar-refractivity contribution in [2.75, 3.05) is 0 Å². The maximum absolute atomic E-state index is 10.7. The van der Waals surface area contributed by atoms with Crippen molar-refractivity contribution in [3.05, 3.63) is 41.6 Å². The third-order valence-corrected chi connectivity index (χ3v) is 2.06. The molecule has 0 saturated carbocycles. The van der Waals surface area contributed by atoms with Crippen molar-refractivity contribution in [1.29, 1.82) is 0 Å². The molecular weight excluding hydrogens is 178 g/mol. The lowest BCUT2D eigenvalue weighted by Gasteiger charge is -1.99. The van der Waals surface area contributed by atoms with Crippen LogP contribution in [0.5, 0.6) is 0 Å². The fraction of sp³-hybridized carbons (Fsp3) is 0.0909. The number of benzene rings is 1. The number of aromatic nitrogens is 1. The van der Waals surface area contributed by atoms with E-state index in [-0.39, 0.29) is 0 Å². The Balaban J connectivity index is 2.69. The van der Waals surface area contributed by atoms with Gasteiger partial charge in [0.1, 0.15) is 0 Å². The molecule has 0 spiro atoms. The molecule has 0 unspecified atom stereocenters. The van der Waals surface area contributed by atoms with Crippen LogP contribution in [0.25, 0.3) is 10.9 Å². The minimum absolute atomic E-state index is 0.296. The molecule has 0 aliphatic rings. The normalized spacial score (nSPS) is 10.4. The zero-order chi connectivity index (χ0) is 10.1. The number of hydrogen-bond donors (Lipinski definition) is 1. The summed E-state index contributed by atoms with van der Waals surface area (Å²) >= 11 is 0. The van der Waals surface area contributed by atoms with Crippen molar-refractivity contribution >= 4 is 16.9 Å². The third-order valence-electron chi connectivity index (χ3n) is 2.06. The highest BCUT2D eigenvalue weighted by atomic mass is 16.4. The van der Waals surface area contributed by atoms with Crippen molar-refractivity contribution in [2.24, 2.45) is 0 Å². The molecule has 3 heteroatoms. The van der Waals surface area contributed by atoms with Crippen LogP contribution in [-0.4, -0.2) is 16.1 Å². The Kier molecular flexibility index (Phi) is 1.93. The summed E-state index contributed by atoms with van der Waals surface area (Å²) < 4.78 is 0. The number of nitrogens with zero attached hydrogens (tertiary/aromatic N) is 1. The number of aryl methyl sites for hydroxylation is 1. The van der Waals surface area contributed by atoms with E-state index in [9.17, 15) is 4.79 Å². The molecule has 2 rings (SSSR count). The molecule has 1 N–H and O–H groups in total. The number of aromatic carboxylic acids is 1. The van der Waals surface area contributed by atoms with E-state index in [0.717, 1.165) is 16.5 Å². The predicted octanol–water partition coefficient (Wildman–Crippen LogP) is 2.24. The molecule has 1 aromatic heterocycles. The van der Waals surface area contributed by atoms with Gasteiger partial charge in [0.15, 0.2) is 0 Å². The maximum atomic E-state index is 10.7. The summed E-state index contributed by atoms with van der Waals surface area (Å²) in [5, 5.41) is 9.66. The lowest BCUT2D eigenvalue weighted by molar-refractivity contribution is 0.0697. The van der Waals surface area contributed by atoms with Crippen LogP contribution >= 0.6 is 0 Å². The second-order valence-electron chi connectivity index (χ2n) is 3.23. The summed E-state index contributed by atoms with van der Waals surface area (Å²) in [4.78, 5) is 14.9. The van der Waals surface area contributed by atoms with Crippen LogP contribution in [0.15, 0.2) is 30.5 Å². The fourth-order valence-electron chi connectivity index (χ4n) is 1.37. The van der Waals surface area contributed by atoms with Gasteiger partial charge in [-0.05, 0) is 36.8 Å². The van der Waals surface area contributed by atoms with Crippen LogP contribution in [0.2, 0.25) is 0 Å². The topological polar surface area (TPSA) is 50.2 Å². The number of carboxylic acids is 1. The Labute approximate surface area is 81.0 Å².